The molecule has 1 atom stereocenters. The van der Waals surface area contributed by atoms with E-state index in [9.17, 15) is 4.79 Å². The molecule has 74 valence electrons. The van der Waals surface area contributed by atoms with Gasteiger partial charge in [0.25, 0.3) is 0 Å². The van der Waals surface area contributed by atoms with Gasteiger partial charge in [0.05, 0.1) is 0 Å². The summed E-state index contributed by atoms with van der Waals surface area (Å²) < 4.78 is 5.23. The van der Waals surface area contributed by atoms with Crippen LogP contribution < -0.4 is 0 Å². The van der Waals surface area contributed by atoms with Crippen LogP contribution >= 0.6 is 0 Å². The van der Waals surface area contributed by atoms with Gasteiger partial charge < -0.3 is 4.74 Å². The predicted octanol–water partition coefficient (Wildman–Crippen LogP) is 2.68. The van der Waals surface area contributed by atoms with Crippen molar-refractivity contribution in [2.24, 2.45) is 0 Å². The van der Waals surface area contributed by atoms with E-state index in [1.54, 1.807) is 0 Å². The molecule has 0 bridgehead atoms. The van der Waals surface area contributed by atoms with E-state index in [2.05, 4.69) is 32.0 Å². The van der Waals surface area contributed by atoms with Gasteiger partial charge in [-0.3, -0.25) is 4.79 Å². The third kappa shape index (κ3) is 1.65. The molecule has 2 nitrogen and oxygen atoms in total. The highest BCUT2D eigenvalue weighted by molar-refractivity contribution is 5.71. The maximum Gasteiger partial charge on any atom is 0.306 e. The van der Waals surface area contributed by atoms with Crippen molar-refractivity contribution in [3.63, 3.8) is 0 Å². The summed E-state index contributed by atoms with van der Waals surface area (Å²) in [4.78, 5) is 11.0. The van der Waals surface area contributed by atoms with Crippen molar-refractivity contribution < 1.29 is 9.53 Å². The molecule has 1 aromatic carbocycles. The Labute approximate surface area is 83.9 Å². The van der Waals surface area contributed by atoms with E-state index in [-0.39, 0.29) is 12.1 Å². The Morgan fingerprint density at radius 2 is 2.14 bits per heavy atom. The summed E-state index contributed by atoms with van der Waals surface area (Å²) in [5.74, 6) is -0.0741. The van der Waals surface area contributed by atoms with E-state index in [1.165, 1.54) is 11.1 Å². The van der Waals surface area contributed by atoms with E-state index >= 15 is 0 Å². The number of esters is 1. The summed E-state index contributed by atoms with van der Waals surface area (Å²) in [6.45, 7) is 4.13. The average molecular weight is 190 g/mol. The molecule has 0 aliphatic carbocycles. The van der Waals surface area contributed by atoms with Gasteiger partial charge in [-0.1, -0.05) is 23.8 Å². The molecule has 0 unspecified atom stereocenters. The quantitative estimate of drug-likeness (QED) is 0.636. The first kappa shape index (κ1) is 9.25. The summed E-state index contributed by atoms with van der Waals surface area (Å²) in [7, 11) is 0. The highest BCUT2D eigenvalue weighted by Gasteiger charge is 2.25. The fourth-order valence-corrected chi connectivity index (χ4v) is 1.93. The number of rotatable bonds is 1. The van der Waals surface area contributed by atoms with Crippen LogP contribution in [0.2, 0.25) is 0 Å². The summed E-state index contributed by atoms with van der Waals surface area (Å²) in [5, 5.41) is 0. The zero-order chi connectivity index (χ0) is 10.1. The first-order valence-corrected chi connectivity index (χ1v) is 4.93. The topological polar surface area (TPSA) is 26.3 Å². The van der Waals surface area contributed by atoms with Gasteiger partial charge in [0.1, 0.15) is 6.10 Å². The highest BCUT2D eigenvalue weighted by atomic mass is 16.5. The minimum atomic E-state index is -0.0741. The first-order chi connectivity index (χ1) is 6.66. The first-order valence-electron chi connectivity index (χ1n) is 4.93. The van der Waals surface area contributed by atoms with Gasteiger partial charge in [-0.05, 0) is 31.4 Å². The molecule has 1 aliphatic rings. The Morgan fingerprint density at radius 1 is 1.36 bits per heavy atom. The lowest BCUT2D eigenvalue weighted by Gasteiger charge is -2.12. The number of aryl methyl sites for hydroxylation is 2. The smallest absolute Gasteiger partial charge is 0.306 e. The molecule has 2 rings (SSSR count). The van der Waals surface area contributed by atoms with Gasteiger partial charge >= 0.3 is 5.97 Å². The van der Waals surface area contributed by atoms with Crippen molar-refractivity contribution in [3.05, 3.63) is 34.9 Å². The maximum atomic E-state index is 11.0. The molecule has 1 fully saturated rings. The van der Waals surface area contributed by atoms with Crippen LogP contribution in [0.3, 0.4) is 0 Å². The van der Waals surface area contributed by atoms with Crippen molar-refractivity contribution in [1.29, 1.82) is 0 Å². The summed E-state index contributed by atoms with van der Waals surface area (Å²) >= 11 is 0. The minimum Gasteiger partial charge on any atom is -0.457 e. The Kier molecular flexibility index (Phi) is 2.28. The van der Waals surface area contributed by atoms with Crippen LogP contribution in [-0.4, -0.2) is 5.97 Å². The fourth-order valence-electron chi connectivity index (χ4n) is 1.93. The molecule has 0 saturated carbocycles. The van der Waals surface area contributed by atoms with Crippen LogP contribution in [0.15, 0.2) is 18.2 Å². The zero-order valence-corrected chi connectivity index (χ0v) is 8.54. The number of hydrogen-bond donors (Lipinski definition) is 0. The number of carbonyl (C=O) groups excluding carboxylic acids is 1. The van der Waals surface area contributed by atoms with Crippen molar-refractivity contribution in [2.75, 3.05) is 0 Å². The number of carbonyl (C=O) groups is 1. The number of benzene rings is 1. The Balaban J connectivity index is 2.28. The molecule has 0 N–H and O–H groups in total. The van der Waals surface area contributed by atoms with Crippen LogP contribution in [0.1, 0.15) is 35.6 Å². The fraction of sp³-hybridized carbons (Fsp3) is 0.417. The van der Waals surface area contributed by atoms with Gasteiger partial charge in [-0.15, -0.1) is 0 Å². The van der Waals surface area contributed by atoms with Gasteiger partial charge in [0.15, 0.2) is 0 Å². The summed E-state index contributed by atoms with van der Waals surface area (Å²) in [5.41, 5.74) is 3.61. The average Bonchev–Trinajstić information content (AvgIpc) is 2.51. The number of cyclic esters (lactones) is 1. The third-order valence-corrected chi connectivity index (χ3v) is 2.66. The van der Waals surface area contributed by atoms with Crippen LogP contribution in [0.4, 0.5) is 0 Å². The van der Waals surface area contributed by atoms with Crippen LogP contribution in [0, 0.1) is 13.8 Å². The van der Waals surface area contributed by atoms with Gasteiger partial charge in [0, 0.05) is 6.42 Å². The standard InChI is InChI=1S/C12H14O2/c1-8-3-4-10(9(2)7-8)11-5-6-12(13)14-11/h3-4,7,11H,5-6H2,1-2H3/t11-/m1/s1. The molecule has 1 aromatic rings. The van der Waals surface area contributed by atoms with Crippen LogP contribution in [0.25, 0.3) is 0 Å². The normalized spacial score (nSPS) is 21.0. The Morgan fingerprint density at radius 3 is 2.71 bits per heavy atom. The largest absolute Gasteiger partial charge is 0.457 e. The minimum absolute atomic E-state index is 0.0110. The van der Waals surface area contributed by atoms with E-state index in [0.717, 1.165) is 12.0 Å². The van der Waals surface area contributed by atoms with E-state index < -0.39 is 0 Å². The van der Waals surface area contributed by atoms with Gasteiger partial charge in [0.2, 0.25) is 0 Å². The predicted molar refractivity (Wildman–Crippen MR) is 54.0 cm³/mol. The van der Waals surface area contributed by atoms with Crippen LogP contribution in [0.5, 0.6) is 0 Å². The second-order valence-corrected chi connectivity index (χ2v) is 3.88. The number of hydrogen-bond acceptors (Lipinski definition) is 2. The molecule has 1 saturated heterocycles. The summed E-state index contributed by atoms with van der Waals surface area (Å²) in [6.07, 6.45) is 1.36. The summed E-state index contributed by atoms with van der Waals surface area (Å²) in [6, 6.07) is 6.25. The lowest BCUT2D eigenvalue weighted by Crippen LogP contribution is -2.00. The van der Waals surface area contributed by atoms with Crippen molar-refractivity contribution in [3.8, 4) is 0 Å². The van der Waals surface area contributed by atoms with Gasteiger partial charge in [-0.25, -0.2) is 0 Å². The van der Waals surface area contributed by atoms with Crippen molar-refractivity contribution in [1.82, 2.24) is 0 Å². The zero-order valence-electron chi connectivity index (χ0n) is 8.54. The molecule has 0 amide bonds. The SMILES string of the molecule is Cc1ccc([C@H]2CCC(=O)O2)c(C)c1. The highest BCUT2D eigenvalue weighted by Crippen LogP contribution is 2.31. The van der Waals surface area contributed by atoms with E-state index in [4.69, 9.17) is 4.74 Å². The maximum absolute atomic E-state index is 11.0. The van der Waals surface area contributed by atoms with Crippen LogP contribution in [-0.2, 0) is 9.53 Å². The van der Waals surface area contributed by atoms with Gasteiger partial charge in [-0.2, -0.15) is 0 Å². The molecular formula is C12H14O2. The third-order valence-electron chi connectivity index (χ3n) is 2.66. The molecule has 14 heavy (non-hydrogen) atoms. The Hall–Kier alpha value is -1.31. The molecule has 1 aliphatic heterocycles. The van der Waals surface area contributed by atoms with E-state index in [0.29, 0.717) is 6.42 Å². The van der Waals surface area contributed by atoms with Crippen molar-refractivity contribution >= 4 is 5.97 Å². The lowest BCUT2D eigenvalue weighted by atomic mass is 9.99. The number of ether oxygens (including phenoxy) is 1. The Bertz CT molecular complexity index is 369. The van der Waals surface area contributed by atoms with Crippen molar-refractivity contribution in [2.45, 2.75) is 32.8 Å². The molecule has 0 aromatic heterocycles. The lowest BCUT2D eigenvalue weighted by molar-refractivity contribution is -0.141. The van der Waals surface area contributed by atoms with E-state index in [1.807, 2.05) is 0 Å². The molecule has 1 heterocycles. The second-order valence-electron chi connectivity index (χ2n) is 3.88. The molecular weight excluding hydrogens is 176 g/mol. The molecule has 0 radical (unpaired) electrons. The monoisotopic (exact) mass is 190 g/mol. The molecule has 2 heteroatoms. The second kappa shape index (κ2) is 3.45. The molecule has 0 spiro atoms.